The van der Waals surface area contributed by atoms with Crippen molar-refractivity contribution in [2.24, 2.45) is 0 Å². The summed E-state index contributed by atoms with van der Waals surface area (Å²) >= 11 is 6.00. The SMILES string of the molecule is CCNC(Cc1cc(C)nn1CC)c1cc(Br)ccc1I. The molecule has 1 atom stereocenters. The van der Waals surface area contributed by atoms with E-state index in [1.54, 1.807) is 0 Å². The standard InChI is InChI=1S/C16H21BrIN3/c1-4-19-16(14-9-12(17)6-7-15(14)18)10-13-8-11(3)20-21(13)5-2/h6-9,16,19H,4-5,10H2,1-3H3. The van der Waals surface area contributed by atoms with Crippen molar-refractivity contribution in [1.82, 2.24) is 15.1 Å². The summed E-state index contributed by atoms with van der Waals surface area (Å²) in [5.41, 5.74) is 3.72. The Labute approximate surface area is 148 Å². The molecule has 0 aliphatic carbocycles. The van der Waals surface area contributed by atoms with E-state index in [4.69, 9.17) is 0 Å². The van der Waals surface area contributed by atoms with Crippen LogP contribution in [0.15, 0.2) is 28.7 Å². The first kappa shape index (κ1) is 17.0. The Morgan fingerprint density at radius 3 is 2.76 bits per heavy atom. The van der Waals surface area contributed by atoms with Crippen LogP contribution in [-0.2, 0) is 13.0 Å². The molecule has 2 aromatic rings. The predicted molar refractivity (Wildman–Crippen MR) is 99.6 cm³/mol. The third-order valence-electron chi connectivity index (χ3n) is 3.48. The number of aromatic nitrogens is 2. The molecule has 0 saturated carbocycles. The van der Waals surface area contributed by atoms with Gasteiger partial charge in [-0.25, -0.2) is 0 Å². The van der Waals surface area contributed by atoms with Crippen molar-refractivity contribution >= 4 is 38.5 Å². The van der Waals surface area contributed by atoms with Gasteiger partial charge in [-0.05, 0) is 72.8 Å². The van der Waals surface area contributed by atoms with Gasteiger partial charge in [0.05, 0.1) is 5.69 Å². The van der Waals surface area contributed by atoms with Gasteiger partial charge < -0.3 is 5.32 Å². The Balaban J connectivity index is 2.32. The lowest BCUT2D eigenvalue weighted by molar-refractivity contribution is 0.514. The first-order chi connectivity index (χ1) is 10.0. The van der Waals surface area contributed by atoms with E-state index >= 15 is 0 Å². The number of benzene rings is 1. The second-order valence-corrected chi connectivity index (χ2v) is 7.15. The molecule has 114 valence electrons. The number of hydrogen-bond donors (Lipinski definition) is 1. The zero-order valence-electron chi connectivity index (χ0n) is 12.7. The summed E-state index contributed by atoms with van der Waals surface area (Å²) in [6.45, 7) is 8.21. The third-order valence-corrected chi connectivity index (χ3v) is 4.96. The van der Waals surface area contributed by atoms with E-state index in [9.17, 15) is 0 Å². The lowest BCUT2D eigenvalue weighted by Gasteiger charge is -2.20. The highest BCUT2D eigenvalue weighted by atomic mass is 127. The average molecular weight is 462 g/mol. The quantitative estimate of drug-likeness (QED) is 0.643. The van der Waals surface area contributed by atoms with E-state index in [0.29, 0.717) is 6.04 Å². The molecule has 1 N–H and O–H groups in total. The fraction of sp³-hybridized carbons (Fsp3) is 0.438. The van der Waals surface area contributed by atoms with Crippen molar-refractivity contribution in [3.05, 3.63) is 49.3 Å². The Morgan fingerprint density at radius 2 is 2.10 bits per heavy atom. The molecule has 3 nitrogen and oxygen atoms in total. The molecule has 1 heterocycles. The fourth-order valence-corrected chi connectivity index (χ4v) is 3.66. The minimum atomic E-state index is 0.306. The highest BCUT2D eigenvalue weighted by molar-refractivity contribution is 14.1. The van der Waals surface area contributed by atoms with Crippen molar-refractivity contribution in [1.29, 1.82) is 0 Å². The number of likely N-dealkylation sites (N-methyl/N-ethyl adjacent to an activating group) is 1. The van der Waals surface area contributed by atoms with Crippen LogP contribution < -0.4 is 5.32 Å². The van der Waals surface area contributed by atoms with Gasteiger partial charge in [0.2, 0.25) is 0 Å². The number of rotatable bonds is 6. The van der Waals surface area contributed by atoms with Gasteiger partial charge in [0.1, 0.15) is 0 Å². The first-order valence-electron chi connectivity index (χ1n) is 7.26. The summed E-state index contributed by atoms with van der Waals surface area (Å²) in [6.07, 6.45) is 0.953. The maximum absolute atomic E-state index is 4.55. The maximum atomic E-state index is 4.55. The van der Waals surface area contributed by atoms with Crippen LogP contribution in [0, 0.1) is 10.5 Å². The molecule has 0 aliphatic heterocycles. The van der Waals surface area contributed by atoms with Crippen molar-refractivity contribution in [3.63, 3.8) is 0 Å². The van der Waals surface area contributed by atoms with Gasteiger partial charge in [0.15, 0.2) is 0 Å². The second-order valence-electron chi connectivity index (χ2n) is 5.07. The van der Waals surface area contributed by atoms with E-state index in [1.807, 2.05) is 0 Å². The number of nitrogens with one attached hydrogen (secondary N) is 1. The fourth-order valence-electron chi connectivity index (χ4n) is 2.57. The molecule has 0 bridgehead atoms. The van der Waals surface area contributed by atoms with Crippen LogP contribution in [0.4, 0.5) is 0 Å². The lowest BCUT2D eigenvalue weighted by atomic mass is 10.0. The van der Waals surface area contributed by atoms with Crippen LogP contribution in [0.25, 0.3) is 0 Å². The van der Waals surface area contributed by atoms with Gasteiger partial charge in [-0.15, -0.1) is 0 Å². The summed E-state index contributed by atoms with van der Waals surface area (Å²) in [6, 6.07) is 8.97. The normalized spacial score (nSPS) is 12.6. The van der Waals surface area contributed by atoms with Crippen LogP contribution in [0.1, 0.15) is 36.8 Å². The van der Waals surface area contributed by atoms with Crippen molar-refractivity contribution in [3.8, 4) is 0 Å². The highest BCUT2D eigenvalue weighted by Crippen LogP contribution is 2.27. The Hall–Kier alpha value is -0.400. The minimum absolute atomic E-state index is 0.306. The summed E-state index contributed by atoms with van der Waals surface area (Å²) in [5, 5.41) is 8.16. The van der Waals surface area contributed by atoms with Crippen molar-refractivity contribution in [2.75, 3.05) is 6.54 Å². The molecule has 21 heavy (non-hydrogen) atoms. The van der Waals surface area contributed by atoms with Crippen LogP contribution in [0.5, 0.6) is 0 Å². The monoisotopic (exact) mass is 461 g/mol. The van der Waals surface area contributed by atoms with Gasteiger partial charge in [-0.2, -0.15) is 5.10 Å². The smallest absolute Gasteiger partial charge is 0.0596 e. The van der Waals surface area contributed by atoms with Gasteiger partial charge in [0.25, 0.3) is 0 Å². The van der Waals surface area contributed by atoms with Gasteiger partial charge in [-0.3, -0.25) is 4.68 Å². The molecule has 1 aromatic carbocycles. The molecule has 0 aliphatic rings. The van der Waals surface area contributed by atoms with Gasteiger partial charge >= 0.3 is 0 Å². The van der Waals surface area contributed by atoms with E-state index in [0.717, 1.165) is 29.7 Å². The number of nitrogens with zero attached hydrogens (tertiary/aromatic N) is 2. The van der Waals surface area contributed by atoms with Crippen LogP contribution in [-0.4, -0.2) is 16.3 Å². The van der Waals surface area contributed by atoms with Crippen molar-refractivity contribution in [2.45, 2.75) is 39.8 Å². The van der Waals surface area contributed by atoms with Gasteiger partial charge in [-0.1, -0.05) is 22.9 Å². The first-order valence-corrected chi connectivity index (χ1v) is 9.14. The summed E-state index contributed by atoms with van der Waals surface area (Å²) in [4.78, 5) is 0. The van der Waals surface area contributed by atoms with Crippen LogP contribution >= 0.6 is 38.5 Å². The molecule has 2 rings (SSSR count). The van der Waals surface area contributed by atoms with Gasteiger partial charge in [0, 0.05) is 32.7 Å². The zero-order chi connectivity index (χ0) is 15.4. The van der Waals surface area contributed by atoms with E-state index < -0.39 is 0 Å². The Kier molecular flexibility index (Phi) is 6.25. The number of aryl methyl sites for hydroxylation is 2. The third kappa shape index (κ3) is 4.29. The molecule has 0 spiro atoms. The maximum Gasteiger partial charge on any atom is 0.0596 e. The van der Waals surface area contributed by atoms with Crippen LogP contribution in [0.2, 0.25) is 0 Å². The molecule has 0 amide bonds. The minimum Gasteiger partial charge on any atom is -0.310 e. The highest BCUT2D eigenvalue weighted by Gasteiger charge is 2.17. The van der Waals surface area contributed by atoms with E-state index in [-0.39, 0.29) is 0 Å². The van der Waals surface area contributed by atoms with E-state index in [2.05, 4.69) is 98.7 Å². The summed E-state index contributed by atoms with van der Waals surface area (Å²) in [5.74, 6) is 0. The molecular formula is C16H21BrIN3. The molecule has 0 fully saturated rings. The predicted octanol–water partition coefficient (Wildman–Crippen LogP) is 4.47. The number of halogens is 2. The molecule has 0 radical (unpaired) electrons. The summed E-state index contributed by atoms with van der Waals surface area (Å²) in [7, 11) is 0. The molecule has 1 aromatic heterocycles. The number of hydrogen-bond acceptors (Lipinski definition) is 2. The second kappa shape index (κ2) is 7.74. The molecule has 0 saturated heterocycles. The Morgan fingerprint density at radius 1 is 1.33 bits per heavy atom. The summed E-state index contributed by atoms with van der Waals surface area (Å²) < 4.78 is 4.52. The molecular weight excluding hydrogens is 441 g/mol. The zero-order valence-corrected chi connectivity index (χ0v) is 16.4. The molecule has 1 unspecified atom stereocenters. The topological polar surface area (TPSA) is 29.9 Å². The lowest BCUT2D eigenvalue weighted by Crippen LogP contribution is -2.25. The largest absolute Gasteiger partial charge is 0.310 e. The average Bonchev–Trinajstić information content (AvgIpc) is 2.81. The van der Waals surface area contributed by atoms with Crippen molar-refractivity contribution < 1.29 is 0 Å². The Bertz CT molecular complexity index is 610. The van der Waals surface area contributed by atoms with Crippen LogP contribution in [0.3, 0.4) is 0 Å². The molecule has 5 heteroatoms. The van der Waals surface area contributed by atoms with E-state index in [1.165, 1.54) is 14.8 Å².